The maximum Gasteiger partial charge on any atom is 0.410 e. The number of carbonyl (C=O) groups is 2. The first kappa shape index (κ1) is 14.4. The van der Waals surface area contributed by atoms with E-state index < -0.39 is 5.60 Å². The summed E-state index contributed by atoms with van der Waals surface area (Å²) in [5.41, 5.74) is 1.90. The van der Waals surface area contributed by atoms with Crippen LogP contribution in [0.4, 0.5) is 4.79 Å². The number of ether oxygens (including phenoxy) is 2. The second-order valence-corrected chi connectivity index (χ2v) is 5.90. The van der Waals surface area contributed by atoms with Crippen molar-refractivity contribution in [1.29, 1.82) is 0 Å². The van der Waals surface area contributed by atoms with Gasteiger partial charge >= 0.3 is 12.1 Å². The standard InChI is InChI=1S/C15H19NO4/c1-15(2,3)20-14(18)16(4)8-10-5-6-12-11(7-10)9-19-13(12)17/h5-7H,8-9H2,1-4H3. The smallest absolute Gasteiger partial charge is 0.410 e. The van der Waals surface area contributed by atoms with Crippen LogP contribution in [0.2, 0.25) is 0 Å². The minimum atomic E-state index is -0.510. The predicted molar refractivity (Wildman–Crippen MR) is 73.3 cm³/mol. The van der Waals surface area contributed by atoms with Crippen LogP contribution in [0.3, 0.4) is 0 Å². The average molecular weight is 277 g/mol. The number of benzene rings is 1. The van der Waals surface area contributed by atoms with E-state index in [1.165, 1.54) is 4.90 Å². The third-order valence-corrected chi connectivity index (χ3v) is 2.87. The van der Waals surface area contributed by atoms with Gasteiger partial charge in [0.1, 0.15) is 12.2 Å². The lowest BCUT2D eigenvalue weighted by molar-refractivity contribution is 0.0285. The topological polar surface area (TPSA) is 55.8 Å². The van der Waals surface area contributed by atoms with Gasteiger partial charge in [0.2, 0.25) is 0 Å². The van der Waals surface area contributed by atoms with E-state index in [1.807, 2.05) is 32.9 Å². The van der Waals surface area contributed by atoms with Crippen molar-refractivity contribution in [2.24, 2.45) is 0 Å². The van der Waals surface area contributed by atoms with Gasteiger partial charge in [-0.05, 0) is 38.5 Å². The normalized spacial score (nSPS) is 13.7. The molecule has 0 fully saturated rings. The predicted octanol–water partition coefficient (Wildman–Crippen LogP) is 2.72. The number of hydrogen-bond donors (Lipinski definition) is 0. The van der Waals surface area contributed by atoms with Crippen LogP contribution in [0.1, 0.15) is 42.3 Å². The summed E-state index contributed by atoms with van der Waals surface area (Å²) in [6.45, 7) is 6.22. The number of carbonyl (C=O) groups excluding carboxylic acids is 2. The van der Waals surface area contributed by atoms with Crippen LogP contribution >= 0.6 is 0 Å². The summed E-state index contributed by atoms with van der Waals surface area (Å²) in [5.74, 6) is -0.285. The highest BCUT2D eigenvalue weighted by Crippen LogP contribution is 2.21. The van der Waals surface area contributed by atoms with Crippen molar-refractivity contribution in [3.05, 3.63) is 34.9 Å². The molecule has 1 heterocycles. The van der Waals surface area contributed by atoms with E-state index in [-0.39, 0.29) is 12.1 Å². The Morgan fingerprint density at radius 2 is 2.10 bits per heavy atom. The Bertz CT molecular complexity index is 545. The zero-order chi connectivity index (χ0) is 14.9. The van der Waals surface area contributed by atoms with Crippen LogP contribution in [-0.2, 0) is 22.6 Å². The summed E-state index contributed by atoms with van der Waals surface area (Å²) in [7, 11) is 1.68. The van der Waals surface area contributed by atoms with Gasteiger partial charge in [-0.25, -0.2) is 9.59 Å². The molecule has 0 radical (unpaired) electrons. The molecular weight excluding hydrogens is 258 g/mol. The van der Waals surface area contributed by atoms with Crippen molar-refractivity contribution in [2.75, 3.05) is 7.05 Å². The summed E-state index contributed by atoms with van der Waals surface area (Å²) in [6.07, 6.45) is -0.370. The summed E-state index contributed by atoms with van der Waals surface area (Å²) in [6, 6.07) is 5.45. The van der Waals surface area contributed by atoms with Crippen molar-refractivity contribution >= 4 is 12.1 Å². The van der Waals surface area contributed by atoms with Gasteiger partial charge in [-0.2, -0.15) is 0 Å². The minimum absolute atomic E-state index is 0.285. The number of hydrogen-bond acceptors (Lipinski definition) is 4. The van der Waals surface area contributed by atoms with Crippen molar-refractivity contribution in [2.45, 2.75) is 39.5 Å². The van der Waals surface area contributed by atoms with Crippen molar-refractivity contribution in [3.8, 4) is 0 Å². The highest BCUT2D eigenvalue weighted by molar-refractivity contribution is 5.93. The molecule has 0 aromatic heterocycles. The number of nitrogens with zero attached hydrogens (tertiary/aromatic N) is 1. The molecule has 1 amide bonds. The van der Waals surface area contributed by atoms with E-state index in [0.717, 1.165) is 11.1 Å². The first-order chi connectivity index (χ1) is 9.26. The highest BCUT2D eigenvalue weighted by Gasteiger charge is 2.23. The molecule has 0 unspecified atom stereocenters. The molecule has 1 aliphatic rings. The van der Waals surface area contributed by atoms with Crippen LogP contribution in [0.15, 0.2) is 18.2 Å². The Labute approximate surface area is 118 Å². The first-order valence-electron chi connectivity index (χ1n) is 6.49. The Balaban J connectivity index is 2.04. The lowest BCUT2D eigenvalue weighted by Gasteiger charge is -2.24. The van der Waals surface area contributed by atoms with Gasteiger partial charge in [-0.3, -0.25) is 0 Å². The van der Waals surface area contributed by atoms with Crippen LogP contribution in [-0.4, -0.2) is 29.6 Å². The van der Waals surface area contributed by atoms with Gasteiger partial charge in [0.25, 0.3) is 0 Å². The molecule has 5 heteroatoms. The molecule has 1 aromatic carbocycles. The van der Waals surface area contributed by atoms with Crippen LogP contribution in [0, 0.1) is 0 Å². The van der Waals surface area contributed by atoms with E-state index in [0.29, 0.717) is 18.7 Å². The van der Waals surface area contributed by atoms with E-state index in [1.54, 1.807) is 13.1 Å². The van der Waals surface area contributed by atoms with Gasteiger partial charge in [-0.1, -0.05) is 6.07 Å². The third kappa shape index (κ3) is 3.29. The number of esters is 1. The molecule has 0 saturated heterocycles. The molecule has 0 atom stereocenters. The monoisotopic (exact) mass is 277 g/mol. The fourth-order valence-electron chi connectivity index (χ4n) is 1.96. The van der Waals surface area contributed by atoms with Gasteiger partial charge in [0.15, 0.2) is 0 Å². The molecule has 0 N–H and O–H groups in total. The number of rotatable bonds is 2. The second-order valence-electron chi connectivity index (χ2n) is 5.90. The van der Waals surface area contributed by atoms with Crippen molar-refractivity contribution in [1.82, 2.24) is 4.90 Å². The Morgan fingerprint density at radius 1 is 1.40 bits per heavy atom. The second kappa shape index (κ2) is 5.15. The molecule has 20 heavy (non-hydrogen) atoms. The van der Waals surface area contributed by atoms with Gasteiger partial charge in [0.05, 0.1) is 5.56 Å². The van der Waals surface area contributed by atoms with Crippen LogP contribution in [0.25, 0.3) is 0 Å². The van der Waals surface area contributed by atoms with Gasteiger partial charge in [-0.15, -0.1) is 0 Å². The van der Waals surface area contributed by atoms with Crippen molar-refractivity contribution < 1.29 is 19.1 Å². The van der Waals surface area contributed by atoms with Crippen molar-refractivity contribution in [3.63, 3.8) is 0 Å². The average Bonchev–Trinajstić information content (AvgIpc) is 2.68. The molecule has 0 saturated carbocycles. The maximum atomic E-state index is 11.9. The molecule has 0 aliphatic carbocycles. The SMILES string of the molecule is CN(Cc1ccc2c(c1)COC2=O)C(=O)OC(C)(C)C. The minimum Gasteiger partial charge on any atom is -0.457 e. The first-order valence-corrected chi connectivity index (χ1v) is 6.49. The van der Waals surface area contributed by atoms with E-state index in [4.69, 9.17) is 9.47 Å². The zero-order valence-electron chi connectivity index (χ0n) is 12.2. The highest BCUT2D eigenvalue weighted by atomic mass is 16.6. The fourth-order valence-corrected chi connectivity index (χ4v) is 1.96. The lowest BCUT2D eigenvalue weighted by atomic mass is 10.1. The third-order valence-electron chi connectivity index (χ3n) is 2.87. The number of amides is 1. The molecule has 0 bridgehead atoms. The quantitative estimate of drug-likeness (QED) is 0.780. The van der Waals surface area contributed by atoms with Gasteiger partial charge < -0.3 is 14.4 Å². The molecule has 108 valence electrons. The molecule has 2 rings (SSSR count). The largest absolute Gasteiger partial charge is 0.457 e. The summed E-state index contributed by atoms with van der Waals surface area (Å²) < 4.78 is 10.2. The molecule has 1 aromatic rings. The summed E-state index contributed by atoms with van der Waals surface area (Å²) in [4.78, 5) is 24.7. The fraction of sp³-hybridized carbons (Fsp3) is 0.467. The molecule has 5 nitrogen and oxygen atoms in total. The van der Waals surface area contributed by atoms with Crippen LogP contribution in [0.5, 0.6) is 0 Å². The maximum absolute atomic E-state index is 11.9. The molecular formula is C15H19NO4. The Morgan fingerprint density at radius 3 is 2.75 bits per heavy atom. The Kier molecular flexibility index (Phi) is 3.70. The van der Waals surface area contributed by atoms with E-state index in [2.05, 4.69) is 0 Å². The lowest BCUT2D eigenvalue weighted by Crippen LogP contribution is -2.33. The molecule has 1 aliphatic heterocycles. The molecule has 0 spiro atoms. The number of fused-ring (bicyclic) bond motifs is 1. The number of cyclic esters (lactones) is 1. The summed E-state index contributed by atoms with van der Waals surface area (Å²) in [5, 5.41) is 0. The summed E-state index contributed by atoms with van der Waals surface area (Å²) >= 11 is 0. The van der Waals surface area contributed by atoms with Crippen LogP contribution < -0.4 is 0 Å². The van der Waals surface area contributed by atoms with E-state index >= 15 is 0 Å². The zero-order valence-corrected chi connectivity index (χ0v) is 12.2. The Hall–Kier alpha value is -2.04. The van der Waals surface area contributed by atoms with E-state index in [9.17, 15) is 9.59 Å². The van der Waals surface area contributed by atoms with Gasteiger partial charge in [0, 0.05) is 19.2 Å².